The number of rotatable bonds is 5. The molecule has 1 N–H and O–H groups in total. The smallest absolute Gasteiger partial charge is 0.234 e. The Morgan fingerprint density at radius 1 is 1.29 bits per heavy atom. The zero-order chi connectivity index (χ0) is 15.2. The lowest BCUT2D eigenvalue weighted by Gasteiger charge is -2.33. The monoisotopic (exact) mass is 288 g/mol. The molecule has 1 aromatic carbocycles. The molecule has 21 heavy (non-hydrogen) atoms. The number of hydrogen-bond acceptors (Lipinski definition) is 2. The highest BCUT2D eigenvalue weighted by atomic mass is 16.2. The van der Waals surface area contributed by atoms with Crippen LogP contribution in [0.3, 0.4) is 0 Å². The standard InChI is InChI=1S/C18H28N2O/c1-14(2)18(16-10-5-4-6-11-16)19-17(21)13-20-12-8-7-9-15(20)3/h4-6,10-11,14-15,18H,7-9,12-13H2,1-3H3,(H,19,21). The molecule has 0 radical (unpaired) electrons. The fourth-order valence-corrected chi connectivity index (χ4v) is 3.09. The first-order valence-electron chi connectivity index (χ1n) is 8.16. The van der Waals surface area contributed by atoms with Gasteiger partial charge in [0.2, 0.25) is 5.91 Å². The van der Waals surface area contributed by atoms with Crippen molar-refractivity contribution in [1.82, 2.24) is 10.2 Å². The molecule has 0 saturated carbocycles. The van der Waals surface area contributed by atoms with E-state index in [1.54, 1.807) is 0 Å². The Balaban J connectivity index is 1.95. The summed E-state index contributed by atoms with van der Waals surface area (Å²) in [4.78, 5) is 14.7. The topological polar surface area (TPSA) is 32.3 Å². The van der Waals surface area contributed by atoms with Crippen molar-refractivity contribution in [3.05, 3.63) is 35.9 Å². The third-order valence-corrected chi connectivity index (χ3v) is 4.43. The average molecular weight is 288 g/mol. The second kappa shape index (κ2) is 7.60. The number of amides is 1. The van der Waals surface area contributed by atoms with Crippen LogP contribution in [0.2, 0.25) is 0 Å². The summed E-state index contributed by atoms with van der Waals surface area (Å²) in [6, 6.07) is 10.9. The van der Waals surface area contributed by atoms with Gasteiger partial charge in [-0.2, -0.15) is 0 Å². The molecule has 0 aromatic heterocycles. The molecule has 1 aliphatic heterocycles. The number of carbonyl (C=O) groups is 1. The summed E-state index contributed by atoms with van der Waals surface area (Å²) in [5.41, 5.74) is 1.19. The van der Waals surface area contributed by atoms with Crippen LogP contribution >= 0.6 is 0 Å². The van der Waals surface area contributed by atoms with E-state index in [4.69, 9.17) is 0 Å². The fraction of sp³-hybridized carbons (Fsp3) is 0.611. The first-order valence-corrected chi connectivity index (χ1v) is 8.16. The third kappa shape index (κ3) is 4.57. The van der Waals surface area contributed by atoms with Crippen LogP contribution in [0.25, 0.3) is 0 Å². The summed E-state index contributed by atoms with van der Waals surface area (Å²) >= 11 is 0. The van der Waals surface area contributed by atoms with E-state index in [-0.39, 0.29) is 11.9 Å². The maximum Gasteiger partial charge on any atom is 0.234 e. The van der Waals surface area contributed by atoms with Gasteiger partial charge >= 0.3 is 0 Å². The normalized spacial score (nSPS) is 21.2. The first-order chi connectivity index (χ1) is 10.1. The summed E-state index contributed by atoms with van der Waals surface area (Å²) in [7, 11) is 0. The highest BCUT2D eigenvalue weighted by Gasteiger charge is 2.23. The van der Waals surface area contributed by atoms with Crippen LogP contribution in [0.4, 0.5) is 0 Å². The van der Waals surface area contributed by atoms with Gasteiger partial charge in [0.25, 0.3) is 0 Å². The van der Waals surface area contributed by atoms with Gasteiger partial charge in [0, 0.05) is 6.04 Å². The van der Waals surface area contributed by atoms with Gasteiger partial charge < -0.3 is 5.32 Å². The molecule has 0 bridgehead atoms. The van der Waals surface area contributed by atoms with E-state index in [0.29, 0.717) is 18.5 Å². The Kier molecular flexibility index (Phi) is 5.80. The molecule has 116 valence electrons. The molecule has 3 nitrogen and oxygen atoms in total. The van der Waals surface area contributed by atoms with E-state index in [2.05, 4.69) is 43.1 Å². The van der Waals surface area contributed by atoms with E-state index >= 15 is 0 Å². The number of nitrogens with one attached hydrogen (secondary N) is 1. The van der Waals surface area contributed by atoms with Gasteiger partial charge in [-0.3, -0.25) is 9.69 Å². The zero-order valence-electron chi connectivity index (χ0n) is 13.5. The van der Waals surface area contributed by atoms with Gasteiger partial charge in [-0.05, 0) is 37.8 Å². The molecule has 3 heteroatoms. The molecular formula is C18H28N2O. The Morgan fingerprint density at radius 3 is 2.62 bits per heavy atom. The lowest BCUT2D eigenvalue weighted by Crippen LogP contribution is -2.45. The molecule has 2 unspecified atom stereocenters. The van der Waals surface area contributed by atoms with E-state index in [1.807, 2.05) is 18.2 Å². The fourth-order valence-electron chi connectivity index (χ4n) is 3.09. The third-order valence-electron chi connectivity index (χ3n) is 4.43. The summed E-state index contributed by atoms with van der Waals surface area (Å²) in [6.45, 7) is 8.11. The molecule has 1 aromatic rings. The van der Waals surface area contributed by atoms with Crippen LogP contribution in [0.5, 0.6) is 0 Å². The van der Waals surface area contributed by atoms with Crippen molar-refractivity contribution in [2.75, 3.05) is 13.1 Å². The van der Waals surface area contributed by atoms with Crippen molar-refractivity contribution in [3.63, 3.8) is 0 Å². The Hall–Kier alpha value is -1.35. The number of likely N-dealkylation sites (tertiary alicyclic amines) is 1. The summed E-state index contributed by atoms with van der Waals surface area (Å²) in [6.07, 6.45) is 3.71. The van der Waals surface area contributed by atoms with Crippen molar-refractivity contribution in [2.45, 2.75) is 52.1 Å². The maximum absolute atomic E-state index is 12.4. The molecule has 1 aliphatic rings. The Labute approximate surface area is 128 Å². The Morgan fingerprint density at radius 2 is 2.00 bits per heavy atom. The molecule has 2 atom stereocenters. The largest absolute Gasteiger partial charge is 0.348 e. The molecule has 1 saturated heterocycles. The average Bonchev–Trinajstić information content (AvgIpc) is 2.48. The predicted octanol–water partition coefficient (Wildman–Crippen LogP) is 3.37. The molecular weight excluding hydrogens is 260 g/mol. The highest BCUT2D eigenvalue weighted by molar-refractivity contribution is 5.78. The number of benzene rings is 1. The molecule has 0 aliphatic carbocycles. The highest BCUT2D eigenvalue weighted by Crippen LogP contribution is 2.21. The van der Waals surface area contributed by atoms with Crippen molar-refractivity contribution in [1.29, 1.82) is 0 Å². The quantitative estimate of drug-likeness (QED) is 0.901. The number of carbonyl (C=O) groups excluding carboxylic acids is 1. The van der Waals surface area contributed by atoms with Crippen molar-refractivity contribution in [2.24, 2.45) is 5.92 Å². The molecule has 1 heterocycles. The lowest BCUT2D eigenvalue weighted by molar-refractivity contribution is -0.124. The van der Waals surface area contributed by atoms with E-state index < -0.39 is 0 Å². The molecule has 1 amide bonds. The van der Waals surface area contributed by atoms with Gasteiger partial charge in [0.05, 0.1) is 12.6 Å². The minimum Gasteiger partial charge on any atom is -0.348 e. The molecule has 2 rings (SSSR count). The number of nitrogens with zero attached hydrogens (tertiary/aromatic N) is 1. The summed E-state index contributed by atoms with van der Waals surface area (Å²) in [5, 5.41) is 3.22. The van der Waals surface area contributed by atoms with Crippen LogP contribution in [0.1, 0.15) is 51.6 Å². The second-order valence-electron chi connectivity index (χ2n) is 6.52. The van der Waals surface area contributed by atoms with E-state index in [9.17, 15) is 4.79 Å². The van der Waals surface area contributed by atoms with Crippen LogP contribution in [0.15, 0.2) is 30.3 Å². The van der Waals surface area contributed by atoms with Crippen molar-refractivity contribution >= 4 is 5.91 Å². The van der Waals surface area contributed by atoms with Gasteiger partial charge in [0.1, 0.15) is 0 Å². The van der Waals surface area contributed by atoms with Crippen LogP contribution in [0, 0.1) is 5.92 Å². The first kappa shape index (κ1) is 16.0. The predicted molar refractivity (Wildman–Crippen MR) is 87.0 cm³/mol. The van der Waals surface area contributed by atoms with Gasteiger partial charge in [0.15, 0.2) is 0 Å². The lowest BCUT2D eigenvalue weighted by atomic mass is 9.96. The molecule has 1 fully saturated rings. The minimum absolute atomic E-state index is 0.0961. The number of piperidine rings is 1. The zero-order valence-corrected chi connectivity index (χ0v) is 13.5. The Bertz CT molecular complexity index is 444. The van der Waals surface area contributed by atoms with Crippen LogP contribution in [-0.2, 0) is 4.79 Å². The SMILES string of the molecule is CC(C)C(NC(=O)CN1CCCCC1C)c1ccccc1. The minimum atomic E-state index is 0.0961. The van der Waals surface area contributed by atoms with Gasteiger partial charge in [-0.1, -0.05) is 50.6 Å². The summed E-state index contributed by atoms with van der Waals surface area (Å²) < 4.78 is 0. The van der Waals surface area contributed by atoms with Crippen molar-refractivity contribution < 1.29 is 4.79 Å². The second-order valence-corrected chi connectivity index (χ2v) is 6.52. The maximum atomic E-state index is 12.4. The van der Waals surface area contributed by atoms with Gasteiger partial charge in [-0.15, -0.1) is 0 Å². The molecule has 0 spiro atoms. The van der Waals surface area contributed by atoms with E-state index in [1.165, 1.54) is 24.8 Å². The van der Waals surface area contributed by atoms with Crippen LogP contribution < -0.4 is 5.32 Å². The van der Waals surface area contributed by atoms with Crippen molar-refractivity contribution in [3.8, 4) is 0 Å². The van der Waals surface area contributed by atoms with Gasteiger partial charge in [-0.25, -0.2) is 0 Å². The number of hydrogen-bond donors (Lipinski definition) is 1. The summed E-state index contributed by atoms with van der Waals surface area (Å²) in [5.74, 6) is 0.529. The van der Waals surface area contributed by atoms with Crippen LogP contribution in [-0.4, -0.2) is 29.9 Å². The van der Waals surface area contributed by atoms with E-state index in [0.717, 1.165) is 6.54 Å².